The van der Waals surface area contributed by atoms with Crippen LogP contribution in [0, 0.1) is 17.7 Å². The van der Waals surface area contributed by atoms with Crippen LogP contribution >= 0.6 is 0 Å². The van der Waals surface area contributed by atoms with Crippen molar-refractivity contribution in [3.8, 4) is 11.8 Å². The minimum absolute atomic E-state index is 0.0311. The van der Waals surface area contributed by atoms with Crippen LogP contribution in [-0.4, -0.2) is 35.1 Å². The van der Waals surface area contributed by atoms with Crippen molar-refractivity contribution in [1.29, 1.82) is 0 Å². The van der Waals surface area contributed by atoms with E-state index in [1.807, 2.05) is 20.8 Å². The van der Waals surface area contributed by atoms with Gasteiger partial charge in [0.2, 0.25) is 0 Å². The molecule has 0 unspecified atom stereocenters. The van der Waals surface area contributed by atoms with Crippen LogP contribution in [0.25, 0.3) is 0 Å². The normalized spacial score (nSPS) is 10.7. The fourth-order valence-electron chi connectivity index (χ4n) is 1.60. The van der Waals surface area contributed by atoms with E-state index >= 15 is 0 Å². The molecule has 1 aromatic rings. The maximum absolute atomic E-state index is 14.0. The second-order valence-corrected chi connectivity index (χ2v) is 5.18. The van der Waals surface area contributed by atoms with E-state index in [9.17, 15) is 9.18 Å². The number of carbonyl (C=O) groups is 1. The first-order valence-corrected chi connectivity index (χ1v) is 6.51. The zero-order valence-electron chi connectivity index (χ0n) is 12.3. The second-order valence-electron chi connectivity index (χ2n) is 5.18. The van der Waals surface area contributed by atoms with E-state index in [0.717, 1.165) is 6.42 Å². The molecule has 0 aromatic heterocycles. The Morgan fingerprint density at radius 2 is 2.10 bits per heavy atom. The van der Waals surface area contributed by atoms with Gasteiger partial charge in [-0.15, -0.1) is 0 Å². The molecule has 0 saturated carbocycles. The predicted octanol–water partition coefficient (Wildman–Crippen LogP) is 2.43. The van der Waals surface area contributed by atoms with Crippen molar-refractivity contribution in [1.82, 2.24) is 4.90 Å². The molecular formula is C16H20FNO2. The second kappa shape index (κ2) is 6.53. The molecule has 0 fully saturated rings. The first-order chi connectivity index (χ1) is 9.33. The molecule has 0 heterocycles. The summed E-state index contributed by atoms with van der Waals surface area (Å²) in [6.07, 6.45) is 0.775. The van der Waals surface area contributed by atoms with Gasteiger partial charge in [-0.25, -0.2) is 4.39 Å². The lowest BCUT2D eigenvalue weighted by Gasteiger charge is -2.35. The van der Waals surface area contributed by atoms with Crippen molar-refractivity contribution in [3.63, 3.8) is 0 Å². The molecule has 1 N–H and O–H groups in total. The van der Waals surface area contributed by atoms with Gasteiger partial charge in [0, 0.05) is 18.2 Å². The van der Waals surface area contributed by atoms with Crippen LogP contribution in [0.2, 0.25) is 0 Å². The summed E-state index contributed by atoms with van der Waals surface area (Å²) in [4.78, 5) is 13.9. The van der Waals surface area contributed by atoms with Crippen LogP contribution in [0.15, 0.2) is 18.2 Å². The summed E-state index contributed by atoms with van der Waals surface area (Å²) in [5.41, 5.74) is 0.132. The third-order valence-corrected chi connectivity index (χ3v) is 3.59. The molecule has 0 atom stereocenters. The average molecular weight is 277 g/mol. The largest absolute Gasteiger partial charge is 0.384 e. The van der Waals surface area contributed by atoms with Gasteiger partial charge in [0.15, 0.2) is 0 Å². The van der Waals surface area contributed by atoms with Crippen molar-refractivity contribution in [2.24, 2.45) is 0 Å². The van der Waals surface area contributed by atoms with E-state index in [-0.39, 0.29) is 23.6 Å². The molecule has 0 spiro atoms. The maximum Gasteiger partial charge on any atom is 0.257 e. The Kier molecular flexibility index (Phi) is 5.29. The molecule has 1 rings (SSSR count). The quantitative estimate of drug-likeness (QED) is 0.862. The topological polar surface area (TPSA) is 40.5 Å². The van der Waals surface area contributed by atoms with E-state index in [1.54, 1.807) is 18.0 Å². The third-order valence-electron chi connectivity index (χ3n) is 3.59. The number of benzene rings is 1. The molecule has 0 aliphatic rings. The summed E-state index contributed by atoms with van der Waals surface area (Å²) in [7, 11) is 1.67. The highest BCUT2D eigenvalue weighted by Gasteiger charge is 2.27. The number of hydrogen-bond acceptors (Lipinski definition) is 2. The first kappa shape index (κ1) is 16.2. The lowest BCUT2D eigenvalue weighted by molar-refractivity contribution is 0.0615. The number of carbonyl (C=O) groups excluding carboxylic acids is 1. The lowest BCUT2D eigenvalue weighted by Crippen LogP contribution is -2.44. The molecule has 20 heavy (non-hydrogen) atoms. The van der Waals surface area contributed by atoms with Crippen LogP contribution in [0.5, 0.6) is 0 Å². The van der Waals surface area contributed by atoms with Crippen molar-refractivity contribution in [2.75, 3.05) is 13.7 Å². The van der Waals surface area contributed by atoms with Gasteiger partial charge in [-0.2, -0.15) is 0 Å². The van der Waals surface area contributed by atoms with Gasteiger partial charge in [0.1, 0.15) is 12.4 Å². The Morgan fingerprint density at radius 1 is 1.45 bits per heavy atom. The summed E-state index contributed by atoms with van der Waals surface area (Å²) in [5, 5.41) is 8.60. The van der Waals surface area contributed by atoms with Crippen molar-refractivity contribution in [3.05, 3.63) is 35.1 Å². The lowest BCUT2D eigenvalue weighted by atomic mass is 9.98. The van der Waals surface area contributed by atoms with E-state index in [1.165, 1.54) is 12.1 Å². The molecule has 108 valence electrons. The molecule has 3 nitrogen and oxygen atoms in total. The van der Waals surface area contributed by atoms with Gasteiger partial charge >= 0.3 is 0 Å². The highest BCUT2D eigenvalue weighted by atomic mass is 19.1. The molecule has 0 saturated heterocycles. The van der Waals surface area contributed by atoms with Gasteiger partial charge < -0.3 is 10.0 Å². The SMILES string of the molecule is CCC(C)(C)N(C)C(=O)c1ccc(C#CCO)cc1F. The monoisotopic (exact) mass is 277 g/mol. The molecule has 0 aliphatic heterocycles. The number of amides is 1. The number of halogens is 1. The molecule has 0 bridgehead atoms. The smallest absolute Gasteiger partial charge is 0.257 e. The standard InChI is InChI=1S/C16H20FNO2/c1-5-16(2,3)18(4)15(20)13-9-8-12(7-6-10-19)11-14(13)17/h8-9,11,19H,5,10H2,1-4H3. The summed E-state index contributed by atoms with van der Waals surface area (Å²) < 4.78 is 14.0. The Morgan fingerprint density at radius 3 is 2.60 bits per heavy atom. The highest BCUT2D eigenvalue weighted by molar-refractivity contribution is 5.95. The number of aliphatic hydroxyl groups excluding tert-OH is 1. The van der Waals surface area contributed by atoms with Crippen LogP contribution < -0.4 is 0 Å². The van der Waals surface area contributed by atoms with Crippen molar-refractivity contribution >= 4 is 5.91 Å². The Bertz CT molecular complexity index is 555. The maximum atomic E-state index is 14.0. The predicted molar refractivity (Wildman–Crippen MR) is 76.8 cm³/mol. The van der Waals surface area contributed by atoms with E-state index in [2.05, 4.69) is 11.8 Å². The minimum Gasteiger partial charge on any atom is -0.384 e. The molecular weight excluding hydrogens is 257 g/mol. The Hall–Kier alpha value is -1.86. The Balaban J connectivity index is 3.06. The van der Waals surface area contributed by atoms with Crippen LogP contribution in [-0.2, 0) is 0 Å². The molecule has 4 heteroatoms. The van der Waals surface area contributed by atoms with Crippen LogP contribution in [0.1, 0.15) is 43.1 Å². The average Bonchev–Trinajstić information content (AvgIpc) is 2.43. The van der Waals surface area contributed by atoms with Gasteiger partial charge in [-0.3, -0.25) is 4.79 Å². The molecule has 0 aliphatic carbocycles. The van der Waals surface area contributed by atoms with Gasteiger partial charge in [-0.1, -0.05) is 18.8 Å². The zero-order valence-corrected chi connectivity index (χ0v) is 12.3. The molecule has 1 amide bonds. The fraction of sp³-hybridized carbons (Fsp3) is 0.438. The van der Waals surface area contributed by atoms with E-state index < -0.39 is 5.82 Å². The fourth-order valence-corrected chi connectivity index (χ4v) is 1.60. The van der Waals surface area contributed by atoms with Gasteiger partial charge in [0.25, 0.3) is 5.91 Å². The van der Waals surface area contributed by atoms with Crippen LogP contribution in [0.4, 0.5) is 4.39 Å². The number of nitrogens with zero attached hydrogens (tertiary/aromatic N) is 1. The third kappa shape index (κ3) is 3.58. The number of rotatable bonds is 3. The number of hydrogen-bond donors (Lipinski definition) is 1. The first-order valence-electron chi connectivity index (χ1n) is 6.51. The number of aliphatic hydroxyl groups is 1. The van der Waals surface area contributed by atoms with Gasteiger partial charge in [0.05, 0.1) is 5.56 Å². The summed E-state index contributed by atoms with van der Waals surface area (Å²) in [6, 6.07) is 4.22. The molecule has 1 aromatic carbocycles. The molecule has 0 radical (unpaired) electrons. The zero-order chi connectivity index (χ0) is 15.3. The summed E-state index contributed by atoms with van der Waals surface area (Å²) in [6.45, 7) is 5.57. The van der Waals surface area contributed by atoms with E-state index in [4.69, 9.17) is 5.11 Å². The summed E-state index contributed by atoms with van der Waals surface area (Å²) >= 11 is 0. The summed E-state index contributed by atoms with van der Waals surface area (Å²) in [5.74, 6) is 4.10. The van der Waals surface area contributed by atoms with Crippen molar-refractivity contribution in [2.45, 2.75) is 32.7 Å². The van der Waals surface area contributed by atoms with Crippen molar-refractivity contribution < 1.29 is 14.3 Å². The van der Waals surface area contributed by atoms with Crippen LogP contribution in [0.3, 0.4) is 0 Å². The van der Waals surface area contributed by atoms with E-state index in [0.29, 0.717) is 5.56 Å². The highest BCUT2D eigenvalue weighted by Crippen LogP contribution is 2.21. The van der Waals surface area contributed by atoms with Gasteiger partial charge in [-0.05, 0) is 38.5 Å². The Labute approximate surface area is 119 Å². The minimum atomic E-state index is -0.599.